The third kappa shape index (κ3) is 4.53. The van der Waals surface area contributed by atoms with Crippen LogP contribution in [-0.4, -0.2) is 65.1 Å². The fourth-order valence-electron chi connectivity index (χ4n) is 3.55. The highest BCUT2D eigenvalue weighted by molar-refractivity contribution is 5.79. The van der Waals surface area contributed by atoms with Gasteiger partial charge in [-0.25, -0.2) is 0 Å². The predicted molar refractivity (Wildman–Crippen MR) is 96.8 cm³/mol. The van der Waals surface area contributed by atoms with Crippen LogP contribution >= 0.6 is 0 Å². The van der Waals surface area contributed by atoms with E-state index in [1.54, 1.807) is 0 Å². The van der Waals surface area contributed by atoms with Crippen molar-refractivity contribution < 1.29 is 19.4 Å². The molecule has 0 bridgehead atoms. The summed E-state index contributed by atoms with van der Waals surface area (Å²) in [4.78, 5) is 27.2. The normalized spacial score (nSPS) is 23.8. The standard InChI is InChI=1S/C19H27N3O4/c20-19(18(24)25)8-11-21(14-19)12-15-4-6-16(7-5-15)26-13-17(23)22-9-2-1-3-10-22/h4-7H,1-3,8-14,20H2,(H,24,25)/t19-/m0/s1. The van der Waals surface area contributed by atoms with Crippen molar-refractivity contribution in [2.75, 3.05) is 32.8 Å². The van der Waals surface area contributed by atoms with Crippen molar-refractivity contribution in [1.82, 2.24) is 9.80 Å². The lowest BCUT2D eigenvalue weighted by atomic mass is 10.0. The van der Waals surface area contributed by atoms with E-state index in [0.717, 1.165) is 31.5 Å². The minimum absolute atomic E-state index is 0.0406. The largest absolute Gasteiger partial charge is 0.484 e. The van der Waals surface area contributed by atoms with Gasteiger partial charge < -0.3 is 20.5 Å². The summed E-state index contributed by atoms with van der Waals surface area (Å²) >= 11 is 0. The maximum absolute atomic E-state index is 12.1. The highest BCUT2D eigenvalue weighted by Gasteiger charge is 2.40. The Bertz CT molecular complexity index is 643. The first-order valence-electron chi connectivity index (χ1n) is 9.20. The van der Waals surface area contributed by atoms with E-state index in [0.29, 0.717) is 31.8 Å². The number of aliphatic carboxylic acids is 1. The molecular weight excluding hydrogens is 334 g/mol. The zero-order chi connectivity index (χ0) is 18.6. The number of carboxylic acids is 1. The van der Waals surface area contributed by atoms with E-state index >= 15 is 0 Å². The van der Waals surface area contributed by atoms with Crippen LogP contribution in [0.5, 0.6) is 5.75 Å². The van der Waals surface area contributed by atoms with Gasteiger partial charge in [0.25, 0.3) is 5.91 Å². The Kier molecular flexibility index (Phi) is 5.78. The van der Waals surface area contributed by atoms with Crippen molar-refractivity contribution in [3.8, 4) is 5.75 Å². The Morgan fingerprint density at radius 1 is 1.12 bits per heavy atom. The quantitative estimate of drug-likeness (QED) is 0.787. The summed E-state index contributed by atoms with van der Waals surface area (Å²) < 4.78 is 5.61. The summed E-state index contributed by atoms with van der Waals surface area (Å²) in [7, 11) is 0. The molecule has 2 fully saturated rings. The number of carbonyl (C=O) groups excluding carboxylic acids is 1. The van der Waals surface area contributed by atoms with Gasteiger partial charge in [-0.2, -0.15) is 0 Å². The first-order valence-corrected chi connectivity index (χ1v) is 9.20. The molecule has 0 aromatic heterocycles. The summed E-state index contributed by atoms with van der Waals surface area (Å²) in [5.74, 6) is -0.236. The van der Waals surface area contributed by atoms with E-state index in [1.807, 2.05) is 34.1 Å². The molecule has 0 aliphatic carbocycles. The van der Waals surface area contributed by atoms with Gasteiger partial charge in [0.2, 0.25) is 0 Å². The molecule has 2 aliphatic rings. The van der Waals surface area contributed by atoms with Gasteiger partial charge in [-0.1, -0.05) is 12.1 Å². The van der Waals surface area contributed by atoms with E-state index in [9.17, 15) is 14.7 Å². The van der Waals surface area contributed by atoms with Crippen LogP contribution in [0.3, 0.4) is 0 Å². The minimum Gasteiger partial charge on any atom is -0.484 e. The topological polar surface area (TPSA) is 96.1 Å². The Balaban J connectivity index is 1.46. The SMILES string of the molecule is N[C@@]1(C(=O)O)CCN(Cc2ccc(OCC(=O)N3CCCCC3)cc2)C1. The van der Waals surface area contributed by atoms with Crippen LogP contribution < -0.4 is 10.5 Å². The first kappa shape index (κ1) is 18.7. The Morgan fingerprint density at radius 3 is 2.42 bits per heavy atom. The lowest BCUT2D eigenvalue weighted by Gasteiger charge is -2.26. The molecule has 142 valence electrons. The predicted octanol–water partition coefficient (Wildman–Crippen LogP) is 1.07. The highest BCUT2D eigenvalue weighted by Crippen LogP contribution is 2.22. The number of hydrogen-bond donors (Lipinski definition) is 2. The smallest absolute Gasteiger partial charge is 0.325 e. The number of likely N-dealkylation sites (tertiary alicyclic amines) is 2. The molecule has 2 heterocycles. The number of nitrogens with zero attached hydrogens (tertiary/aromatic N) is 2. The fraction of sp³-hybridized carbons (Fsp3) is 0.579. The molecule has 1 atom stereocenters. The molecule has 7 nitrogen and oxygen atoms in total. The molecule has 1 aromatic carbocycles. The summed E-state index contributed by atoms with van der Waals surface area (Å²) in [6.45, 7) is 3.40. The van der Waals surface area contributed by atoms with E-state index in [1.165, 1.54) is 6.42 Å². The van der Waals surface area contributed by atoms with Crippen LogP contribution in [0.2, 0.25) is 0 Å². The van der Waals surface area contributed by atoms with Crippen molar-refractivity contribution in [1.29, 1.82) is 0 Å². The zero-order valence-corrected chi connectivity index (χ0v) is 15.0. The van der Waals surface area contributed by atoms with Crippen LogP contribution in [0, 0.1) is 0 Å². The molecule has 2 saturated heterocycles. The van der Waals surface area contributed by atoms with Crippen LogP contribution in [0.25, 0.3) is 0 Å². The van der Waals surface area contributed by atoms with Crippen molar-refractivity contribution in [3.63, 3.8) is 0 Å². The van der Waals surface area contributed by atoms with Gasteiger partial charge in [0.1, 0.15) is 11.3 Å². The number of rotatable bonds is 6. The second-order valence-corrected chi connectivity index (χ2v) is 7.30. The van der Waals surface area contributed by atoms with Crippen LogP contribution in [0.15, 0.2) is 24.3 Å². The molecule has 0 saturated carbocycles. The maximum Gasteiger partial charge on any atom is 0.325 e. The highest BCUT2D eigenvalue weighted by atomic mass is 16.5. The molecule has 1 amide bonds. The van der Waals surface area contributed by atoms with Gasteiger partial charge in [0, 0.05) is 32.7 Å². The van der Waals surface area contributed by atoms with E-state index in [4.69, 9.17) is 10.5 Å². The van der Waals surface area contributed by atoms with Gasteiger partial charge >= 0.3 is 5.97 Å². The molecule has 0 unspecified atom stereocenters. The lowest BCUT2D eigenvalue weighted by Crippen LogP contribution is -2.50. The fourth-order valence-corrected chi connectivity index (χ4v) is 3.55. The minimum atomic E-state index is -1.14. The number of piperidine rings is 1. The molecule has 7 heteroatoms. The number of nitrogens with two attached hydrogens (primary N) is 1. The summed E-state index contributed by atoms with van der Waals surface area (Å²) in [6.07, 6.45) is 3.80. The number of amides is 1. The summed E-state index contributed by atoms with van der Waals surface area (Å²) in [6, 6.07) is 7.58. The monoisotopic (exact) mass is 361 g/mol. The second-order valence-electron chi connectivity index (χ2n) is 7.30. The molecule has 3 rings (SSSR count). The van der Waals surface area contributed by atoms with E-state index in [-0.39, 0.29) is 12.5 Å². The van der Waals surface area contributed by atoms with Gasteiger partial charge in [0.05, 0.1) is 0 Å². The number of ether oxygens (including phenoxy) is 1. The maximum atomic E-state index is 12.1. The second kappa shape index (κ2) is 8.05. The number of carbonyl (C=O) groups is 2. The lowest BCUT2D eigenvalue weighted by molar-refractivity contribution is -0.142. The first-order chi connectivity index (χ1) is 12.5. The van der Waals surface area contributed by atoms with Crippen molar-refractivity contribution in [2.24, 2.45) is 5.73 Å². The molecule has 3 N–H and O–H groups in total. The Labute approximate surface area is 153 Å². The van der Waals surface area contributed by atoms with Gasteiger partial charge in [-0.15, -0.1) is 0 Å². The summed E-state index contributed by atoms with van der Waals surface area (Å²) in [5.41, 5.74) is 5.83. The number of benzene rings is 1. The third-order valence-electron chi connectivity index (χ3n) is 5.21. The molecule has 2 aliphatic heterocycles. The average Bonchev–Trinajstić information content (AvgIpc) is 3.04. The molecule has 0 radical (unpaired) electrons. The molecule has 0 spiro atoms. The molecule has 1 aromatic rings. The van der Waals surface area contributed by atoms with Crippen LogP contribution in [0.4, 0.5) is 0 Å². The van der Waals surface area contributed by atoms with Gasteiger partial charge in [-0.05, 0) is 43.4 Å². The van der Waals surface area contributed by atoms with Crippen molar-refractivity contribution in [2.45, 2.75) is 37.8 Å². The zero-order valence-electron chi connectivity index (χ0n) is 15.0. The van der Waals surface area contributed by atoms with Gasteiger partial charge in [-0.3, -0.25) is 14.5 Å². The van der Waals surface area contributed by atoms with Gasteiger partial charge in [0.15, 0.2) is 6.61 Å². The average molecular weight is 361 g/mol. The van der Waals surface area contributed by atoms with Crippen LogP contribution in [0.1, 0.15) is 31.2 Å². The number of carboxylic acid groups (broad SMARTS) is 1. The summed E-state index contributed by atoms with van der Waals surface area (Å²) in [5, 5.41) is 9.19. The van der Waals surface area contributed by atoms with Crippen molar-refractivity contribution >= 4 is 11.9 Å². The van der Waals surface area contributed by atoms with Crippen molar-refractivity contribution in [3.05, 3.63) is 29.8 Å². The molecular formula is C19H27N3O4. The third-order valence-corrected chi connectivity index (χ3v) is 5.21. The Hall–Kier alpha value is -2.12. The Morgan fingerprint density at radius 2 is 1.81 bits per heavy atom. The molecule has 26 heavy (non-hydrogen) atoms. The van der Waals surface area contributed by atoms with E-state index < -0.39 is 11.5 Å². The van der Waals surface area contributed by atoms with E-state index in [2.05, 4.69) is 0 Å². The van der Waals surface area contributed by atoms with Crippen LogP contribution in [-0.2, 0) is 16.1 Å². The number of hydrogen-bond acceptors (Lipinski definition) is 5.